The molecule has 0 amide bonds. The summed E-state index contributed by atoms with van der Waals surface area (Å²) >= 11 is 0. The Morgan fingerprint density at radius 2 is 2.21 bits per heavy atom. The third kappa shape index (κ3) is 2.57. The molecule has 0 aromatic carbocycles. The number of carbonyl (C=O) groups is 2. The van der Waals surface area contributed by atoms with Crippen molar-refractivity contribution in [3.8, 4) is 5.88 Å². The molecule has 2 rings (SSSR count). The molecule has 0 bridgehead atoms. The van der Waals surface area contributed by atoms with Crippen molar-refractivity contribution in [2.75, 3.05) is 7.11 Å². The summed E-state index contributed by atoms with van der Waals surface area (Å²) in [7, 11) is 1.48. The first-order valence-electron chi connectivity index (χ1n) is 6.22. The molecule has 6 nitrogen and oxygen atoms in total. The fourth-order valence-electron chi connectivity index (χ4n) is 2.44. The first-order valence-corrected chi connectivity index (χ1v) is 6.22. The molecular formula is C13H16N2O4. The van der Waals surface area contributed by atoms with Crippen LogP contribution in [0.15, 0.2) is 12.1 Å². The Morgan fingerprint density at radius 1 is 1.42 bits per heavy atom. The molecule has 1 aromatic rings. The normalized spacial score (nSPS) is 23.1. The number of hydrogen-bond donors (Lipinski definition) is 1. The molecule has 1 aliphatic rings. The van der Waals surface area contributed by atoms with E-state index < -0.39 is 11.4 Å². The van der Waals surface area contributed by atoms with Gasteiger partial charge in [0.25, 0.3) is 0 Å². The number of carbonyl (C=O) groups excluding carboxylic acids is 1. The van der Waals surface area contributed by atoms with Crippen molar-refractivity contribution in [2.45, 2.75) is 32.1 Å². The quantitative estimate of drug-likeness (QED) is 0.823. The summed E-state index contributed by atoms with van der Waals surface area (Å²) in [5, 5.41) is 17.1. The van der Waals surface area contributed by atoms with Gasteiger partial charge in [0.2, 0.25) is 5.88 Å². The average molecular weight is 264 g/mol. The molecule has 0 saturated heterocycles. The highest BCUT2D eigenvalue weighted by molar-refractivity contribution is 6.03. The van der Waals surface area contributed by atoms with E-state index >= 15 is 0 Å². The Labute approximate surface area is 110 Å². The Balaban J connectivity index is 2.25. The number of carboxylic acid groups (broad SMARTS) is 1. The maximum Gasteiger partial charge on any atom is 0.317 e. The Hall–Kier alpha value is -1.98. The number of Topliss-reactive ketones (excluding diaryl/α,β-unsaturated/α-hetero) is 1. The number of ketones is 1. The van der Waals surface area contributed by atoms with E-state index in [9.17, 15) is 14.7 Å². The van der Waals surface area contributed by atoms with Gasteiger partial charge in [-0.15, -0.1) is 5.10 Å². The zero-order chi connectivity index (χ0) is 13.9. The summed E-state index contributed by atoms with van der Waals surface area (Å²) in [6.45, 7) is 0. The lowest BCUT2D eigenvalue weighted by atomic mass is 9.70. The Kier molecular flexibility index (Phi) is 3.78. The molecule has 0 radical (unpaired) electrons. The SMILES string of the molecule is COc1ccc(CC2(C(=O)O)CCCCC2=O)nn1. The number of methoxy groups -OCH3 is 1. The molecule has 1 unspecified atom stereocenters. The molecule has 1 saturated carbocycles. The topological polar surface area (TPSA) is 89.4 Å². The fourth-order valence-corrected chi connectivity index (χ4v) is 2.44. The van der Waals surface area contributed by atoms with Crippen LogP contribution in [-0.4, -0.2) is 34.2 Å². The van der Waals surface area contributed by atoms with Crippen molar-refractivity contribution < 1.29 is 19.4 Å². The van der Waals surface area contributed by atoms with Gasteiger partial charge in [0, 0.05) is 18.9 Å². The van der Waals surface area contributed by atoms with Gasteiger partial charge >= 0.3 is 5.97 Å². The second kappa shape index (κ2) is 5.34. The van der Waals surface area contributed by atoms with Crippen molar-refractivity contribution in [2.24, 2.45) is 5.41 Å². The van der Waals surface area contributed by atoms with E-state index in [1.54, 1.807) is 12.1 Å². The summed E-state index contributed by atoms with van der Waals surface area (Å²) in [5.41, 5.74) is -0.833. The van der Waals surface area contributed by atoms with Gasteiger partial charge in [-0.05, 0) is 18.9 Å². The highest BCUT2D eigenvalue weighted by Crippen LogP contribution is 2.36. The van der Waals surface area contributed by atoms with E-state index in [0.29, 0.717) is 24.4 Å². The molecule has 1 aliphatic carbocycles. The molecule has 0 aliphatic heterocycles. The van der Waals surface area contributed by atoms with Crippen LogP contribution in [0.4, 0.5) is 0 Å². The number of hydrogen-bond acceptors (Lipinski definition) is 5. The summed E-state index contributed by atoms with van der Waals surface area (Å²) in [6, 6.07) is 3.27. The van der Waals surface area contributed by atoms with E-state index in [4.69, 9.17) is 4.74 Å². The van der Waals surface area contributed by atoms with E-state index in [-0.39, 0.29) is 12.2 Å². The van der Waals surface area contributed by atoms with Crippen LogP contribution >= 0.6 is 0 Å². The number of nitrogens with zero attached hydrogens (tertiary/aromatic N) is 2. The van der Waals surface area contributed by atoms with Crippen LogP contribution in [0.25, 0.3) is 0 Å². The lowest BCUT2D eigenvalue weighted by molar-refractivity contribution is -0.157. The Morgan fingerprint density at radius 3 is 2.74 bits per heavy atom. The second-order valence-corrected chi connectivity index (χ2v) is 4.76. The van der Waals surface area contributed by atoms with Crippen LogP contribution in [0.1, 0.15) is 31.4 Å². The third-order valence-electron chi connectivity index (χ3n) is 3.59. The molecule has 0 spiro atoms. The second-order valence-electron chi connectivity index (χ2n) is 4.76. The van der Waals surface area contributed by atoms with Crippen LogP contribution < -0.4 is 4.74 Å². The van der Waals surface area contributed by atoms with Crippen molar-refractivity contribution in [1.29, 1.82) is 0 Å². The summed E-state index contributed by atoms with van der Waals surface area (Å²) in [4.78, 5) is 23.6. The maximum atomic E-state index is 12.0. The number of carboxylic acids is 1. The van der Waals surface area contributed by atoms with E-state index in [1.807, 2.05) is 0 Å². The van der Waals surface area contributed by atoms with Gasteiger partial charge in [-0.25, -0.2) is 0 Å². The Bertz CT molecular complexity index is 486. The van der Waals surface area contributed by atoms with Gasteiger partial charge in [0.05, 0.1) is 12.8 Å². The predicted octanol–water partition coefficient (Wildman–Crippen LogP) is 1.24. The molecule has 102 valence electrons. The molecule has 6 heteroatoms. The minimum absolute atomic E-state index is 0.0954. The molecule has 1 atom stereocenters. The van der Waals surface area contributed by atoms with E-state index in [0.717, 1.165) is 12.8 Å². The molecule has 19 heavy (non-hydrogen) atoms. The first kappa shape index (κ1) is 13.5. The van der Waals surface area contributed by atoms with Crippen LogP contribution in [0.2, 0.25) is 0 Å². The number of rotatable bonds is 4. The number of aromatic nitrogens is 2. The minimum atomic E-state index is -1.33. The zero-order valence-corrected chi connectivity index (χ0v) is 10.8. The minimum Gasteiger partial charge on any atom is -0.480 e. The smallest absolute Gasteiger partial charge is 0.317 e. The standard InChI is InChI=1S/C13H16N2O4/c1-19-11-6-5-9(14-15-11)8-13(12(17)18)7-3-2-4-10(13)16/h5-6H,2-4,7-8H2,1H3,(H,17,18). The predicted molar refractivity (Wildman–Crippen MR) is 65.8 cm³/mol. The molecule has 1 aromatic heterocycles. The van der Waals surface area contributed by atoms with Gasteiger partial charge in [-0.1, -0.05) is 6.42 Å². The van der Waals surface area contributed by atoms with Crippen molar-refractivity contribution >= 4 is 11.8 Å². The van der Waals surface area contributed by atoms with Crippen molar-refractivity contribution in [3.63, 3.8) is 0 Å². The maximum absolute atomic E-state index is 12.0. The summed E-state index contributed by atoms with van der Waals surface area (Å²) < 4.78 is 4.90. The number of ether oxygens (including phenoxy) is 1. The third-order valence-corrected chi connectivity index (χ3v) is 3.59. The van der Waals surface area contributed by atoms with Crippen LogP contribution in [0.5, 0.6) is 5.88 Å². The van der Waals surface area contributed by atoms with Crippen molar-refractivity contribution in [3.05, 3.63) is 17.8 Å². The highest BCUT2D eigenvalue weighted by atomic mass is 16.5. The monoisotopic (exact) mass is 264 g/mol. The molecule has 1 N–H and O–H groups in total. The number of aliphatic carboxylic acids is 1. The first-order chi connectivity index (χ1) is 9.08. The van der Waals surface area contributed by atoms with Gasteiger partial charge in [0.15, 0.2) is 5.78 Å². The lowest BCUT2D eigenvalue weighted by Gasteiger charge is -2.31. The fraction of sp³-hybridized carbons (Fsp3) is 0.538. The highest BCUT2D eigenvalue weighted by Gasteiger charge is 2.47. The van der Waals surface area contributed by atoms with Gasteiger partial charge in [-0.2, -0.15) is 5.10 Å². The molecule has 1 fully saturated rings. The van der Waals surface area contributed by atoms with Crippen molar-refractivity contribution in [1.82, 2.24) is 10.2 Å². The largest absolute Gasteiger partial charge is 0.480 e. The molecule has 1 heterocycles. The lowest BCUT2D eigenvalue weighted by Crippen LogP contribution is -2.43. The van der Waals surface area contributed by atoms with Gasteiger partial charge < -0.3 is 9.84 Å². The van der Waals surface area contributed by atoms with E-state index in [1.165, 1.54) is 7.11 Å². The summed E-state index contributed by atoms with van der Waals surface area (Å²) in [6.07, 6.45) is 2.31. The molecular weight excluding hydrogens is 248 g/mol. The van der Waals surface area contributed by atoms with E-state index in [2.05, 4.69) is 10.2 Å². The van der Waals surface area contributed by atoms with Crippen LogP contribution in [-0.2, 0) is 16.0 Å². The van der Waals surface area contributed by atoms with Gasteiger partial charge in [0.1, 0.15) is 5.41 Å². The average Bonchev–Trinajstić information content (AvgIpc) is 2.42. The van der Waals surface area contributed by atoms with Gasteiger partial charge in [-0.3, -0.25) is 9.59 Å². The van der Waals surface area contributed by atoms with Crippen LogP contribution in [0, 0.1) is 5.41 Å². The summed E-state index contributed by atoms with van der Waals surface area (Å²) in [5.74, 6) is -0.901. The van der Waals surface area contributed by atoms with Crippen LogP contribution in [0.3, 0.4) is 0 Å². The zero-order valence-electron chi connectivity index (χ0n) is 10.8.